The van der Waals surface area contributed by atoms with E-state index in [9.17, 15) is 15.0 Å². The van der Waals surface area contributed by atoms with E-state index in [4.69, 9.17) is 0 Å². The minimum Gasteiger partial charge on any atom is -0.481 e. The summed E-state index contributed by atoms with van der Waals surface area (Å²) in [4.78, 5) is 11.4. The Labute approximate surface area is 113 Å². The van der Waals surface area contributed by atoms with Gasteiger partial charge in [0.2, 0.25) is 0 Å². The molecule has 4 nitrogen and oxygen atoms in total. The van der Waals surface area contributed by atoms with Crippen molar-refractivity contribution in [2.24, 2.45) is 5.41 Å². The number of carbonyl (C=O) groups is 1. The lowest BCUT2D eigenvalue weighted by molar-refractivity contribution is -0.139. The molecule has 0 heterocycles. The molecular weight excluding hydrogens is 242 g/mol. The molecule has 0 amide bonds. The standard InChI is InChI=1S/C15H21NO3/c1-15(2)12(8-13(15)17)16-9-11(14(18)19)10-6-4-3-5-7-10/h3-7,11-13,16-17H,8-9H2,1-2H3,(H,18,19). The normalized spacial score (nSPS) is 26.5. The van der Waals surface area contributed by atoms with Crippen LogP contribution in [0.1, 0.15) is 31.7 Å². The van der Waals surface area contributed by atoms with Crippen molar-refractivity contribution in [3.8, 4) is 0 Å². The first-order valence-corrected chi connectivity index (χ1v) is 6.62. The lowest BCUT2D eigenvalue weighted by Crippen LogP contribution is -2.60. The molecule has 3 atom stereocenters. The van der Waals surface area contributed by atoms with Gasteiger partial charge in [-0.05, 0) is 12.0 Å². The van der Waals surface area contributed by atoms with Crippen LogP contribution in [-0.2, 0) is 4.79 Å². The highest BCUT2D eigenvalue weighted by Crippen LogP contribution is 2.40. The number of aliphatic hydroxyl groups is 1. The highest BCUT2D eigenvalue weighted by atomic mass is 16.4. The fourth-order valence-corrected chi connectivity index (χ4v) is 2.54. The van der Waals surface area contributed by atoms with Crippen molar-refractivity contribution in [2.45, 2.75) is 38.3 Å². The van der Waals surface area contributed by atoms with Gasteiger partial charge < -0.3 is 15.5 Å². The van der Waals surface area contributed by atoms with Gasteiger partial charge in [-0.3, -0.25) is 4.79 Å². The van der Waals surface area contributed by atoms with E-state index < -0.39 is 11.9 Å². The van der Waals surface area contributed by atoms with E-state index in [-0.39, 0.29) is 17.6 Å². The molecule has 1 aromatic rings. The van der Waals surface area contributed by atoms with Crippen molar-refractivity contribution in [1.29, 1.82) is 0 Å². The van der Waals surface area contributed by atoms with Crippen LogP contribution >= 0.6 is 0 Å². The molecule has 3 unspecified atom stereocenters. The average molecular weight is 263 g/mol. The molecule has 1 fully saturated rings. The zero-order valence-electron chi connectivity index (χ0n) is 11.3. The first-order chi connectivity index (χ1) is 8.93. The molecule has 0 radical (unpaired) electrons. The molecule has 0 aromatic heterocycles. The number of hydrogen-bond acceptors (Lipinski definition) is 3. The smallest absolute Gasteiger partial charge is 0.312 e. The second-order valence-corrected chi connectivity index (χ2v) is 5.84. The summed E-state index contributed by atoms with van der Waals surface area (Å²) in [6.45, 7) is 4.38. The Morgan fingerprint density at radius 2 is 2.05 bits per heavy atom. The second-order valence-electron chi connectivity index (χ2n) is 5.84. The van der Waals surface area contributed by atoms with Crippen LogP contribution < -0.4 is 5.32 Å². The van der Waals surface area contributed by atoms with Crippen molar-refractivity contribution in [3.63, 3.8) is 0 Å². The van der Waals surface area contributed by atoms with Crippen LogP contribution in [0.3, 0.4) is 0 Å². The second kappa shape index (κ2) is 5.31. The maximum absolute atomic E-state index is 11.4. The maximum atomic E-state index is 11.4. The van der Waals surface area contributed by atoms with Gasteiger partial charge in [0.1, 0.15) is 0 Å². The number of aliphatic hydroxyl groups excluding tert-OH is 1. The van der Waals surface area contributed by atoms with Crippen molar-refractivity contribution in [3.05, 3.63) is 35.9 Å². The predicted molar refractivity (Wildman–Crippen MR) is 73.0 cm³/mol. The summed E-state index contributed by atoms with van der Waals surface area (Å²) >= 11 is 0. The van der Waals surface area contributed by atoms with E-state index in [0.717, 1.165) is 5.56 Å². The Kier molecular flexibility index (Phi) is 3.92. The van der Waals surface area contributed by atoms with Gasteiger partial charge in [-0.1, -0.05) is 44.2 Å². The van der Waals surface area contributed by atoms with Gasteiger partial charge in [0.05, 0.1) is 12.0 Å². The topological polar surface area (TPSA) is 69.6 Å². The Morgan fingerprint density at radius 3 is 2.53 bits per heavy atom. The van der Waals surface area contributed by atoms with Crippen molar-refractivity contribution in [2.75, 3.05) is 6.54 Å². The van der Waals surface area contributed by atoms with Crippen molar-refractivity contribution < 1.29 is 15.0 Å². The molecule has 1 aliphatic carbocycles. The van der Waals surface area contributed by atoms with E-state index in [0.29, 0.717) is 13.0 Å². The first kappa shape index (κ1) is 14.0. The van der Waals surface area contributed by atoms with Gasteiger partial charge in [0, 0.05) is 18.0 Å². The Hall–Kier alpha value is -1.39. The van der Waals surface area contributed by atoms with Gasteiger partial charge >= 0.3 is 5.97 Å². The third-order valence-electron chi connectivity index (χ3n) is 4.28. The molecule has 2 rings (SSSR count). The summed E-state index contributed by atoms with van der Waals surface area (Å²) in [5.41, 5.74) is 0.625. The fourth-order valence-electron chi connectivity index (χ4n) is 2.54. The summed E-state index contributed by atoms with van der Waals surface area (Å²) in [6, 6.07) is 9.42. The molecule has 0 saturated heterocycles. The molecule has 19 heavy (non-hydrogen) atoms. The third kappa shape index (κ3) is 2.80. The number of hydrogen-bond donors (Lipinski definition) is 3. The van der Waals surface area contributed by atoms with Gasteiger partial charge in [0.25, 0.3) is 0 Å². The lowest BCUT2D eigenvalue weighted by Gasteiger charge is -2.50. The van der Waals surface area contributed by atoms with Crippen LogP contribution in [0.2, 0.25) is 0 Å². The summed E-state index contributed by atoms with van der Waals surface area (Å²) in [5.74, 6) is -1.37. The van der Waals surface area contributed by atoms with Gasteiger partial charge in [-0.2, -0.15) is 0 Å². The molecular formula is C15H21NO3. The molecule has 0 aliphatic heterocycles. The fraction of sp³-hybridized carbons (Fsp3) is 0.533. The Balaban J connectivity index is 1.98. The Morgan fingerprint density at radius 1 is 1.42 bits per heavy atom. The lowest BCUT2D eigenvalue weighted by atomic mass is 9.64. The Bertz CT molecular complexity index is 444. The number of benzene rings is 1. The molecule has 1 aromatic carbocycles. The van der Waals surface area contributed by atoms with Crippen LogP contribution in [0.15, 0.2) is 30.3 Å². The molecule has 4 heteroatoms. The average Bonchev–Trinajstić information content (AvgIpc) is 2.38. The highest BCUT2D eigenvalue weighted by molar-refractivity contribution is 5.76. The molecule has 0 spiro atoms. The van der Waals surface area contributed by atoms with E-state index in [2.05, 4.69) is 5.32 Å². The molecule has 0 bridgehead atoms. The van der Waals surface area contributed by atoms with Crippen molar-refractivity contribution >= 4 is 5.97 Å². The first-order valence-electron chi connectivity index (χ1n) is 6.62. The summed E-state index contributed by atoms with van der Waals surface area (Å²) in [5, 5.41) is 22.3. The van der Waals surface area contributed by atoms with E-state index in [1.165, 1.54) is 0 Å². The minimum atomic E-state index is -0.823. The number of rotatable bonds is 5. The zero-order chi connectivity index (χ0) is 14.0. The van der Waals surface area contributed by atoms with Crippen LogP contribution in [-0.4, -0.2) is 34.9 Å². The van der Waals surface area contributed by atoms with Crippen LogP contribution in [0, 0.1) is 5.41 Å². The summed E-state index contributed by atoms with van der Waals surface area (Å²) in [6.07, 6.45) is 0.388. The quantitative estimate of drug-likeness (QED) is 0.755. The van der Waals surface area contributed by atoms with E-state index >= 15 is 0 Å². The van der Waals surface area contributed by atoms with Gasteiger partial charge in [-0.15, -0.1) is 0 Å². The van der Waals surface area contributed by atoms with E-state index in [1.807, 2.05) is 44.2 Å². The number of carboxylic acids is 1. The number of aliphatic carboxylic acids is 1. The third-order valence-corrected chi connectivity index (χ3v) is 4.28. The number of nitrogens with one attached hydrogen (secondary N) is 1. The van der Waals surface area contributed by atoms with Crippen LogP contribution in [0.25, 0.3) is 0 Å². The maximum Gasteiger partial charge on any atom is 0.312 e. The van der Waals surface area contributed by atoms with Crippen molar-refractivity contribution in [1.82, 2.24) is 5.32 Å². The largest absolute Gasteiger partial charge is 0.481 e. The zero-order valence-corrected chi connectivity index (χ0v) is 11.3. The highest BCUT2D eigenvalue weighted by Gasteiger charge is 2.47. The monoisotopic (exact) mass is 263 g/mol. The van der Waals surface area contributed by atoms with Crippen LogP contribution in [0.5, 0.6) is 0 Å². The molecule has 3 N–H and O–H groups in total. The van der Waals surface area contributed by atoms with E-state index in [1.54, 1.807) is 0 Å². The summed E-state index contributed by atoms with van der Waals surface area (Å²) in [7, 11) is 0. The molecule has 104 valence electrons. The number of carboxylic acid groups (broad SMARTS) is 1. The SMILES string of the molecule is CC1(C)C(O)CC1NCC(C(=O)O)c1ccccc1. The van der Waals surface area contributed by atoms with Gasteiger partial charge in [0.15, 0.2) is 0 Å². The summed E-state index contributed by atoms with van der Waals surface area (Å²) < 4.78 is 0. The predicted octanol–water partition coefficient (Wildman–Crippen LogP) is 1.60. The molecule has 1 aliphatic rings. The van der Waals surface area contributed by atoms with Crippen LogP contribution in [0.4, 0.5) is 0 Å². The van der Waals surface area contributed by atoms with Gasteiger partial charge in [-0.25, -0.2) is 0 Å². The minimum absolute atomic E-state index is 0.174. The molecule has 1 saturated carbocycles.